The van der Waals surface area contributed by atoms with E-state index in [0.717, 1.165) is 15.8 Å². The molecule has 0 spiro atoms. The van der Waals surface area contributed by atoms with Gasteiger partial charge in [-0.3, -0.25) is 0 Å². The topological polar surface area (TPSA) is 17.3 Å². The van der Waals surface area contributed by atoms with Gasteiger partial charge >= 0.3 is 0 Å². The standard InChI is InChI=1S/C12H9BrN2S/c1-8-3-2-4-12-14-10(6-15(8)12)11-5-9(13)7-16-11/h2-7H,1H3. The second kappa shape index (κ2) is 3.71. The van der Waals surface area contributed by atoms with Crippen molar-refractivity contribution in [1.29, 1.82) is 0 Å². The van der Waals surface area contributed by atoms with Crippen molar-refractivity contribution in [1.82, 2.24) is 9.38 Å². The maximum Gasteiger partial charge on any atom is 0.137 e. The first-order valence-electron chi connectivity index (χ1n) is 4.93. The molecule has 80 valence electrons. The minimum atomic E-state index is 1.000. The maximum absolute atomic E-state index is 4.61. The summed E-state index contributed by atoms with van der Waals surface area (Å²) in [5.74, 6) is 0. The molecule has 0 saturated carbocycles. The Labute approximate surface area is 106 Å². The highest BCUT2D eigenvalue weighted by atomic mass is 79.9. The van der Waals surface area contributed by atoms with Gasteiger partial charge in [-0.15, -0.1) is 11.3 Å². The third kappa shape index (κ3) is 1.58. The molecule has 0 aliphatic heterocycles. The van der Waals surface area contributed by atoms with Crippen LogP contribution in [0.4, 0.5) is 0 Å². The van der Waals surface area contributed by atoms with Crippen LogP contribution >= 0.6 is 27.3 Å². The fourth-order valence-corrected chi connectivity index (χ4v) is 3.10. The zero-order chi connectivity index (χ0) is 11.1. The molecule has 2 nitrogen and oxygen atoms in total. The Hall–Kier alpha value is -1.13. The Balaban J connectivity index is 2.22. The van der Waals surface area contributed by atoms with E-state index in [-0.39, 0.29) is 0 Å². The summed E-state index contributed by atoms with van der Waals surface area (Å²) in [5.41, 5.74) is 3.23. The summed E-state index contributed by atoms with van der Waals surface area (Å²) in [5, 5.41) is 2.08. The van der Waals surface area contributed by atoms with E-state index in [0.29, 0.717) is 0 Å². The van der Waals surface area contributed by atoms with Crippen molar-refractivity contribution in [2.75, 3.05) is 0 Å². The van der Waals surface area contributed by atoms with Crippen molar-refractivity contribution in [2.45, 2.75) is 6.92 Å². The molecule has 3 rings (SSSR count). The van der Waals surface area contributed by atoms with Crippen LogP contribution in [0.3, 0.4) is 0 Å². The highest BCUT2D eigenvalue weighted by Gasteiger charge is 2.07. The molecule has 3 aromatic rings. The zero-order valence-electron chi connectivity index (χ0n) is 8.64. The van der Waals surface area contributed by atoms with Gasteiger partial charge in [-0.05, 0) is 41.1 Å². The third-order valence-corrected chi connectivity index (χ3v) is 4.23. The Bertz CT molecular complexity index is 654. The van der Waals surface area contributed by atoms with Gasteiger partial charge in [-0.2, -0.15) is 0 Å². The highest BCUT2D eigenvalue weighted by Crippen LogP contribution is 2.29. The number of thiophene rings is 1. The lowest BCUT2D eigenvalue weighted by Crippen LogP contribution is -1.86. The predicted molar refractivity (Wildman–Crippen MR) is 70.9 cm³/mol. The van der Waals surface area contributed by atoms with Gasteiger partial charge in [-0.25, -0.2) is 4.98 Å². The first kappa shape index (κ1) is 10.1. The van der Waals surface area contributed by atoms with Crippen molar-refractivity contribution in [2.24, 2.45) is 0 Å². The number of fused-ring (bicyclic) bond motifs is 1. The second-order valence-electron chi connectivity index (χ2n) is 3.65. The van der Waals surface area contributed by atoms with Gasteiger partial charge in [0.2, 0.25) is 0 Å². The van der Waals surface area contributed by atoms with E-state index >= 15 is 0 Å². The molecule has 0 atom stereocenters. The first-order valence-corrected chi connectivity index (χ1v) is 6.60. The Morgan fingerprint density at radius 1 is 1.38 bits per heavy atom. The minimum Gasteiger partial charge on any atom is -0.304 e. The molecule has 0 aliphatic rings. The maximum atomic E-state index is 4.61. The number of halogens is 1. The SMILES string of the molecule is Cc1cccc2nc(-c3cc(Br)cs3)cn12. The van der Waals surface area contributed by atoms with Crippen LogP contribution in [0.1, 0.15) is 5.69 Å². The van der Waals surface area contributed by atoms with Gasteiger partial charge in [0.1, 0.15) is 5.65 Å². The van der Waals surface area contributed by atoms with Gasteiger partial charge in [0.05, 0.1) is 10.6 Å². The van der Waals surface area contributed by atoms with Crippen LogP contribution in [0.25, 0.3) is 16.2 Å². The number of pyridine rings is 1. The number of nitrogens with zero attached hydrogens (tertiary/aromatic N) is 2. The van der Waals surface area contributed by atoms with Gasteiger partial charge in [0.25, 0.3) is 0 Å². The molecule has 0 unspecified atom stereocenters. The molecule has 0 aromatic carbocycles. The van der Waals surface area contributed by atoms with Crippen molar-refractivity contribution in [3.8, 4) is 10.6 Å². The van der Waals surface area contributed by atoms with E-state index in [4.69, 9.17) is 0 Å². The van der Waals surface area contributed by atoms with E-state index < -0.39 is 0 Å². The van der Waals surface area contributed by atoms with Crippen LogP contribution in [-0.4, -0.2) is 9.38 Å². The molecular weight excluding hydrogens is 284 g/mol. The van der Waals surface area contributed by atoms with Crippen molar-refractivity contribution in [3.63, 3.8) is 0 Å². The molecular formula is C12H9BrN2S. The first-order chi connectivity index (χ1) is 7.74. The zero-order valence-corrected chi connectivity index (χ0v) is 11.0. The number of hydrogen-bond acceptors (Lipinski definition) is 2. The van der Waals surface area contributed by atoms with Crippen LogP contribution in [0.2, 0.25) is 0 Å². The van der Waals surface area contributed by atoms with Crippen molar-refractivity contribution < 1.29 is 0 Å². The summed E-state index contributed by atoms with van der Waals surface area (Å²) < 4.78 is 3.23. The van der Waals surface area contributed by atoms with E-state index in [1.807, 2.05) is 12.1 Å². The van der Waals surface area contributed by atoms with Crippen molar-refractivity contribution in [3.05, 3.63) is 46.0 Å². The second-order valence-corrected chi connectivity index (χ2v) is 5.48. The summed E-state index contributed by atoms with van der Waals surface area (Å²) in [6.45, 7) is 2.09. The average Bonchev–Trinajstić information content (AvgIpc) is 2.84. The van der Waals surface area contributed by atoms with E-state index in [9.17, 15) is 0 Å². The highest BCUT2D eigenvalue weighted by molar-refractivity contribution is 9.10. The summed E-state index contributed by atoms with van der Waals surface area (Å²) >= 11 is 5.16. The molecule has 4 heteroatoms. The lowest BCUT2D eigenvalue weighted by Gasteiger charge is -1.95. The van der Waals surface area contributed by atoms with E-state index in [2.05, 4.69) is 55.9 Å². The van der Waals surface area contributed by atoms with Gasteiger partial charge < -0.3 is 4.40 Å². The lowest BCUT2D eigenvalue weighted by atomic mass is 10.4. The molecule has 0 aliphatic carbocycles. The molecule has 16 heavy (non-hydrogen) atoms. The molecule has 0 amide bonds. The molecule has 0 bridgehead atoms. The molecule has 0 fully saturated rings. The molecule has 0 N–H and O–H groups in total. The Morgan fingerprint density at radius 3 is 2.94 bits per heavy atom. The lowest BCUT2D eigenvalue weighted by molar-refractivity contribution is 1.09. The van der Waals surface area contributed by atoms with E-state index in [1.54, 1.807) is 11.3 Å². The smallest absolute Gasteiger partial charge is 0.137 e. The predicted octanol–water partition coefficient (Wildman–Crippen LogP) is 4.13. The van der Waals surface area contributed by atoms with Crippen molar-refractivity contribution >= 4 is 32.9 Å². The van der Waals surface area contributed by atoms with Crippen LogP contribution in [-0.2, 0) is 0 Å². The number of hydrogen-bond donors (Lipinski definition) is 0. The molecule has 3 aromatic heterocycles. The Kier molecular flexibility index (Phi) is 2.33. The monoisotopic (exact) mass is 292 g/mol. The molecule has 0 radical (unpaired) electrons. The summed E-state index contributed by atoms with van der Waals surface area (Å²) in [6.07, 6.45) is 2.09. The fraction of sp³-hybridized carbons (Fsp3) is 0.0833. The summed E-state index contributed by atoms with van der Waals surface area (Å²) in [6, 6.07) is 8.25. The number of rotatable bonds is 1. The third-order valence-electron chi connectivity index (χ3n) is 2.52. The Morgan fingerprint density at radius 2 is 2.25 bits per heavy atom. The van der Waals surface area contributed by atoms with Crippen LogP contribution < -0.4 is 0 Å². The summed E-state index contributed by atoms with van der Waals surface area (Å²) in [4.78, 5) is 5.80. The number of aryl methyl sites for hydroxylation is 1. The normalized spacial score (nSPS) is 11.1. The largest absolute Gasteiger partial charge is 0.304 e. The quantitative estimate of drug-likeness (QED) is 0.659. The average molecular weight is 293 g/mol. The van der Waals surface area contributed by atoms with Gasteiger partial charge in [-0.1, -0.05) is 6.07 Å². The van der Waals surface area contributed by atoms with Crippen LogP contribution in [0, 0.1) is 6.92 Å². The summed E-state index contributed by atoms with van der Waals surface area (Å²) in [7, 11) is 0. The molecule has 0 saturated heterocycles. The van der Waals surface area contributed by atoms with Gasteiger partial charge in [0, 0.05) is 21.7 Å². The van der Waals surface area contributed by atoms with Crippen LogP contribution in [0.15, 0.2) is 40.3 Å². The van der Waals surface area contributed by atoms with Gasteiger partial charge in [0.15, 0.2) is 0 Å². The number of aromatic nitrogens is 2. The number of imidazole rings is 1. The minimum absolute atomic E-state index is 1.000. The van der Waals surface area contributed by atoms with E-state index in [1.165, 1.54) is 10.6 Å². The van der Waals surface area contributed by atoms with Crippen LogP contribution in [0.5, 0.6) is 0 Å². The fourth-order valence-electron chi connectivity index (χ4n) is 1.71. The molecule has 3 heterocycles.